The average molecular weight is 695 g/mol. The van der Waals surface area contributed by atoms with Gasteiger partial charge in [-0.2, -0.15) is 0 Å². The van der Waals surface area contributed by atoms with Crippen molar-refractivity contribution in [3.8, 4) is 0 Å². The van der Waals surface area contributed by atoms with E-state index in [1.54, 1.807) is 12.1 Å². The monoisotopic (exact) mass is 692 g/mol. The third-order valence-electron chi connectivity index (χ3n) is 6.60. The Bertz CT molecular complexity index is 1230. The van der Waals surface area contributed by atoms with Crippen LogP contribution in [0.3, 0.4) is 0 Å². The molecule has 4 rings (SSSR count). The molecular formula is C26H32Br2Cl2N4O4. The minimum absolute atomic E-state index is 0. The standard InChI is InChI=1S/C26H32Br2N4O4.2ClH/c1-31(2,3)11-7-9-29-23(33)15-13-18(28)22-20-16(14-17(27)21(19(15)20)25(29)35)24(34)30(26(22)36)10-8-12-32(4,5)6;;/h13-14H,7-12H2,1-6H3;2*1H/q+2;;/p-2. The number of amides is 4. The minimum Gasteiger partial charge on any atom is -1.00 e. The average Bonchev–Trinajstić information content (AvgIpc) is 2.74. The van der Waals surface area contributed by atoms with Gasteiger partial charge in [-0.1, -0.05) is 0 Å². The van der Waals surface area contributed by atoms with E-state index in [4.69, 9.17) is 0 Å². The molecule has 4 amide bonds. The lowest BCUT2D eigenvalue weighted by molar-refractivity contribution is -0.870. The first-order valence-corrected chi connectivity index (χ1v) is 13.5. The SMILES string of the molecule is C[N+](C)(C)CCCN1C(=O)c2cc(Br)c3c4c(cc(Br)c(c24)C1=O)C(=O)N(CCC[N+](C)(C)C)C3=O.[Cl-].[Cl-]. The molecule has 0 atom stereocenters. The van der Waals surface area contributed by atoms with Gasteiger partial charge in [0.2, 0.25) is 0 Å². The van der Waals surface area contributed by atoms with Crippen molar-refractivity contribution < 1.29 is 53.0 Å². The summed E-state index contributed by atoms with van der Waals surface area (Å²) < 4.78 is 2.34. The predicted molar refractivity (Wildman–Crippen MR) is 145 cm³/mol. The molecule has 0 saturated heterocycles. The summed E-state index contributed by atoms with van der Waals surface area (Å²) in [5.41, 5.74) is 1.28. The maximum atomic E-state index is 13.5. The molecule has 38 heavy (non-hydrogen) atoms. The largest absolute Gasteiger partial charge is 1.00 e. The van der Waals surface area contributed by atoms with Crippen LogP contribution in [0, 0.1) is 0 Å². The lowest BCUT2D eigenvalue weighted by Gasteiger charge is -2.34. The molecular weight excluding hydrogens is 663 g/mol. The molecule has 2 aliphatic heterocycles. The first kappa shape index (κ1) is 32.7. The van der Waals surface area contributed by atoms with E-state index in [0.29, 0.717) is 67.9 Å². The van der Waals surface area contributed by atoms with Crippen LogP contribution in [0.1, 0.15) is 54.3 Å². The van der Waals surface area contributed by atoms with Crippen molar-refractivity contribution in [3.63, 3.8) is 0 Å². The fourth-order valence-corrected chi connectivity index (χ4v) is 6.08. The fourth-order valence-electron chi connectivity index (χ4n) is 4.88. The van der Waals surface area contributed by atoms with Crippen LogP contribution in [0.25, 0.3) is 10.8 Å². The third kappa shape index (κ3) is 5.95. The van der Waals surface area contributed by atoms with E-state index in [0.717, 1.165) is 22.1 Å². The van der Waals surface area contributed by atoms with Crippen LogP contribution in [0.2, 0.25) is 0 Å². The molecule has 0 radical (unpaired) electrons. The Morgan fingerprint density at radius 3 is 1.21 bits per heavy atom. The van der Waals surface area contributed by atoms with Gasteiger partial charge in [0, 0.05) is 56.8 Å². The summed E-state index contributed by atoms with van der Waals surface area (Å²) in [7, 11) is 12.4. The summed E-state index contributed by atoms with van der Waals surface area (Å²) in [5, 5.41) is 0.756. The van der Waals surface area contributed by atoms with Gasteiger partial charge in [0.25, 0.3) is 23.6 Å². The summed E-state index contributed by atoms with van der Waals surface area (Å²) in [6.45, 7) is 2.18. The Morgan fingerprint density at radius 1 is 0.605 bits per heavy atom. The van der Waals surface area contributed by atoms with Crippen molar-refractivity contribution in [2.75, 3.05) is 68.5 Å². The number of nitrogens with zero attached hydrogens (tertiary/aromatic N) is 4. The second-order valence-electron chi connectivity index (χ2n) is 11.6. The van der Waals surface area contributed by atoms with Gasteiger partial charge in [-0.25, -0.2) is 0 Å². The quantitative estimate of drug-likeness (QED) is 0.232. The molecule has 0 spiro atoms. The van der Waals surface area contributed by atoms with E-state index >= 15 is 0 Å². The molecule has 0 saturated carbocycles. The van der Waals surface area contributed by atoms with E-state index in [1.165, 1.54) is 9.80 Å². The van der Waals surface area contributed by atoms with E-state index < -0.39 is 23.6 Å². The van der Waals surface area contributed by atoms with Gasteiger partial charge in [-0.05, 0) is 44.0 Å². The minimum atomic E-state index is -0.411. The van der Waals surface area contributed by atoms with Gasteiger partial charge in [0.1, 0.15) is 0 Å². The van der Waals surface area contributed by atoms with E-state index in [2.05, 4.69) is 74.1 Å². The van der Waals surface area contributed by atoms with Crippen molar-refractivity contribution >= 4 is 66.3 Å². The molecule has 8 nitrogen and oxygen atoms in total. The van der Waals surface area contributed by atoms with Gasteiger partial charge >= 0.3 is 0 Å². The van der Waals surface area contributed by atoms with Crippen LogP contribution in [0.4, 0.5) is 0 Å². The second kappa shape index (κ2) is 11.5. The molecule has 2 aromatic rings. The fraction of sp³-hybridized carbons (Fsp3) is 0.462. The van der Waals surface area contributed by atoms with Crippen molar-refractivity contribution in [2.45, 2.75) is 12.8 Å². The molecule has 2 aliphatic rings. The van der Waals surface area contributed by atoms with Crippen molar-refractivity contribution in [1.82, 2.24) is 9.80 Å². The molecule has 0 aromatic heterocycles. The van der Waals surface area contributed by atoms with Crippen LogP contribution < -0.4 is 24.8 Å². The Morgan fingerprint density at radius 2 is 0.921 bits per heavy atom. The molecule has 12 heteroatoms. The summed E-state index contributed by atoms with van der Waals surface area (Å²) in [4.78, 5) is 56.6. The summed E-state index contributed by atoms with van der Waals surface area (Å²) >= 11 is 7.00. The number of carbonyl (C=O) groups is 4. The van der Waals surface area contributed by atoms with Gasteiger partial charge in [0.15, 0.2) is 0 Å². The molecule has 0 N–H and O–H groups in total. The lowest BCUT2D eigenvalue weighted by atomic mass is 9.85. The normalized spacial score (nSPS) is 15.2. The van der Waals surface area contributed by atoms with Crippen LogP contribution >= 0.6 is 31.9 Å². The highest BCUT2D eigenvalue weighted by atomic mass is 79.9. The predicted octanol–water partition coefficient (Wildman–Crippen LogP) is -2.24. The number of hydrogen-bond acceptors (Lipinski definition) is 4. The van der Waals surface area contributed by atoms with Crippen LogP contribution in [0.5, 0.6) is 0 Å². The van der Waals surface area contributed by atoms with Crippen LogP contribution in [-0.4, -0.2) is 111 Å². The van der Waals surface area contributed by atoms with E-state index in [9.17, 15) is 19.2 Å². The topological polar surface area (TPSA) is 74.8 Å². The molecule has 0 bridgehead atoms. The first-order valence-electron chi connectivity index (χ1n) is 11.9. The summed E-state index contributed by atoms with van der Waals surface area (Å²) in [6, 6.07) is 3.24. The maximum Gasteiger partial charge on any atom is 0.262 e. The van der Waals surface area contributed by atoms with Crippen molar-refractivity contribution in [1.29, 1.82) is 0 Å². The zero-order valence-electron chi connectivity index (χ0n) is 22.3. The lowest BCUT2D eigenvalue weighted by Crippen LogP contribution is -3.00. The zero-order valence-corrected chi connectivity index (χ0v) is 27.0. The second-order valence-corrected chi connectivity index (χ2v) is 13.3. The van der Waals surface area contributed by atoms with E-state index in [-0.39, 0.29) is 24.8 Å². The van der Waals surface area contributed by atoms with E-state index in [1.807, 2.05) is 0 Å². The third-order valence-corrected chi connectivity index (χ3v) is 7.85. The number of hydrogen-bond donors (Lipinski definition) is 0. The summed E-state index contributed by atoms with van der Waals surface area (Å²) in [6.07, 6.45) is 1.32. The highest BCUT2D eigenvalue weighted by Crippen LogP contribution is 2.44. The Hall–Kier alpha value is -1.56. The van der Waals surface area contributed by atoms with Crippen molar-refractivity contribution in [3.05, 3.63) is 43.3 Å². The number of rotatable bonds is 8. The van der Waals surface area contributed by atoms with Crippen LogP contribution in [0.15, 0.2) is 21.1 Å². The Balaban J connectivity index is 0.00000253. The Labute approximate surface area is 252 Å². The van der Waals surface area contributed by atoms with Gasteiger partial charge < -0.3 is 33.8 Å². The van der Waals surface area contributed by atoms with Gasteiger partial charge in [-0.3, -0.25) is 29.0 Å². The highest BCUT2D eigenvalue weighted by molar-refractivity contribution is 9.10. The highest BCUT2D eigenvalue weighted by Gasteiger charge is 2.42. The molecule has 208 valence electrons. The first-order chi connectivity index (χ1) is 16.6. The maximum absolute atomic E-state index is 13.5. The number of quaternary nitrogens is 2. The number of benzene rings is 2. The Kier molecular flexibility index (Phi) is 9.89. The molecule has 0 aliphatic carbocycles. The molecule has 0 unspecified atom stereocenters. The molecule has 2 aromatic carbocycles. The van der Waals surface area contributed by atoms with Crippen LogP contribution in [-0.2, 0) is 0 Å². The molecule has 2 heterocycles. The van der Waals surface area contributed by atoms with Gasteiger partial charge in [0.05, 0.1) is 66.5 Å². The number of carbonyl (C=O) groups excluding carboxylic acids is 4. The number of halogens is 4. The van der Waals surface area contributed by atoms with Gasteiger partial charge in [-0.15, -0.1) is 0 Å². The summed E-state index contributed by atoms with van der Waals surface area (Å²) in [5.74, 6) is -1.64. The number of imide groups is 2. The smallest absolute Gasteiger partial charge is 0.262 e. The van der Waals surface area contributed by atoms with Crippen molar-refractivity contribution in [2.24, 2.45) is 0 Å². The molecule has 0 fully saturated rings. The zero-order chi connectivity index (χ0) is 26.7.